The molecule has 4 rings (SSSR count). The van der Waals surface area contributed by atoms with Crippen LogP contribution in [0.15, 0.2) is 48.0 Å². The number of amides is 1. The van der Waals surface area contributed by atoms with E-state index in [4.69, 9.17) is 9.47 Å². The number of carbonyl (C=O) groups excluding carboxylic acids is 3. The molecule has 2 aliphatic heterocycles. The van der Waals surface area contributed by atoms with Crippen molar-refractivity contribution in [2.75, 3.05) is 46.5 Å². The summed E-state index contributed by atoms with van der Waals surface area (Å²) in [5.74, 6) is -2.00. The van der Waals surface area contributed by atoms with Crippen LogP contribution >= 0.6 is 0 Å². The van der Waals surface area contributed by atoms with Crippen LogP contribution in [0.1, 0.15) is 45.1 Å². The minimum atomic E-state index is -0.763. The van der Waals surface area contributed by atoms with Crippen LogP contribution in [-0.4, -0.2) is 79.1 Å². The first kappa shape index (κ1) is 25.6. The molecule has 0 aromatic heterocycles. The number of aliphatic hydroxyl groups is 1. The third-order valence-corrected chi connectivity index (χ3v) is 6.81. The number of aliphatic hydroxyl groups excluding tert-OH is 1. The maximum Gasteiger partial charge on any atom is 0.337 e. The van der Waals surface area contributed by atoms with Gasteiger partial charge in [-0.25, -0.2) is 4.79 Å². The minimum absolute atomic E-state index is 0.0610. The Hall–Kier alpha value is -3.49. The Morgan fingerprint density at radius 1 is 1.06 bits per heavy atom. The largest absolute Gasteiger partial charge is 0.507 e. The molecule has 2 aromatic rings. The average Bonchev–Trinajstić information content (AvgIpc) is 3.15. The van der Waals surface area contributed by atoms with Gasteiger partial charge in [0.1, 0.15) is 5.76 Å². The summed E-state index contributed by atoms with van der Waals surface area (Å²) >= 11 is 0. The molecule has 0 bridgehead atoms. The third kappa shape index (κ3) is 5.20. The second-order valence-corrected chi connectivity index (χ2v) is 9.23. The van der Waals surface area contributed by atoms with Crippen molar-refractivity contribution in [3.8, 4) is 0 Å². The fourth-order valence-corrected chi connectivity index (χ4v) is 4.80. The molecule has 0 saturated carbocycles. The number of carbonyl (C=O) groups is 3. The number of morpholine rings is 1. The molecule has 2 fully saturated rings. The number of benzene rings is 2. The summed E-state index contributed by atoms with van der Waals surface area (Å²) in [6, 6.07) is 11.5. The van der Waals surface area contributed by atoms with Gasteiger partial charge in [0.25, 0.3) is 11.7 Å². The number of ether oxygens (including phenoxy) is 2. The topological polar surface area (TPSA) is 96.4 Å². The van der Waals surface area contributed by atoms with E-state index >= 15 is 0 Å². The van der Waals surface area contributed by atoms with Crippen molar-refractivity contribution in [2.24, 2.45) is 0 Å². The summed E-state index contributed by atoms with van der Waals surface area (Å²) in [5.41, 5.74) is 3.32. The highest BCUT2D eigenvalue weighted by Crippen LogP contribution is 2.40. The van der Waals surface area contributed by atoms with Gasteiger partial charge in [-0.2, -0.15) is 0 Å². The quantitative estimate of drug-likeness (QED) is 0.274. The van der Waals surface area contributed by atoms with Crippen molar-refractivity contribution in [3.63, 3.8) is 0 Å². The van der Waals surface area contributed by atoms with E-state index in [1.807, 2.05) is 32.0 Å². The van der Waals surface area contributed by atoms with Crippen LogP contribution in [0.25, 0.3) is 5.76 Å². The molecular formula is C28H32N2O6. The number of ketones is 1. The zero-order valence-electron chi connectivity index (χ0n) is 21.0. The van der Waals surface area contributed by atoms with Crippen molar-refractivity contribution in [3.05, 3.63) is 75.9 Å². The van der Waals surface area contributed by atoms with Crippen LogP contribution in [0.2, 0.25) is 0 Å². The number of methoxy groups -OCH3 is 1. The highest BCUT2D eigenvalue weighted by Gasteiger charge is 2.46. The molecule has 0 spiro atoms. The lowest BCUT2D eigenvalue weighted by Gasteiger charge is -2.29. The summed E-state index contributed by atoms with van der Waals surface area (Å²) in [7, 11) is 1.31. The Morgan fingerprint density at radius 3 is 2.42 bits per heavy atom. The van der Waals surface area contributed by atoms with E-state index < -0.39 is 23.7 Å². The fourth-order valence-electron chi connectivity index (χ4n) is 4.80. The first-order chi connectivity index (χ1) is 17.3. The summed E-state index contributed by atoms with van der Waals surface area (Å²) < 4.78 is 10.2. The number of hydrogen-bond acceptors (Lipinski definition) is 7. The molecule has 36 heavy (non-hydrogen) atoms. The normalized spacial score (nSPS) is 20.1. The number of likely N-dealkylation sites (tertiary alicyclic amines) is 1. The van der Waals surface area contributed by atoms with E-state index in [-0.39, 0.29) is 11.3 Å². The van der Waals surface area contributed by atoms with Gasteiger partial charge in [-0.05, 0) is 49.6 Å². The highest BCUT2D eigenvalue weighted by molar-refractivity contribution is 6.46. The first-order valence-electron chi connectivity index (χ1n) is 12.2. The smallest absolute Gasteiger partial charge is 0.337 e. The molecule has 1 N–H and O–H groups in total. The third-order valence-electron chi connectivity index (χ3n) is 6.81. The summed E-state index contributed by atoms with van der Waals surface area (Å²) in [4.78, 5) is 42.2. The number of nitrogens with zero attached hydrogens (tertiary/aromatic N) is 2. The zero-order chi connectivity index (χ0) is 25.8. The summed E-state index contributed by atoms with van der Waals surface area (Å²) in [5, 5.41) is 11.4. The number of rotatable bonds is 7. The number of esters is 1. The van der Waals surface area contributed by atoms with E-state index in [9.17, 15) is 19.5 Å². The highest BCUT2D eigenvalue weighted by atomic mass is 16.5. The van der Waals surface area contributed by atoms with Crippen LogP contribution in [-0.2, 0) is 19.1 Å². The molecule has 1 atom stereocenters. The maximum atomic E-state index is 13.3. The molecule has 1 unspecified atom stereocenters. The predicted molar refractivity (Wildman–Crippen MR) is 135 cm³/mol. The van der Waals surface area contributed by atoms with Crippen molar-refractivity contribution >= 4 is 23.4 Å². The fraction of sp³-hybridized carbons (Fsp3) is 0.393. The molecule has 0 radical (unpaired) electrons. The average molecular weight is 493 g/mol. The number of hydrogen-bond donors (Lipinski definition) is 1. The second-order valence-electron chi connectivity index (χ2n) is 9.23. The van der Waals surface area contributed by atoms with Crippen molar-refractivity contribution < 1.29 is 29.0 Å². The van der Waals surface area contributed by atoms with Crippen molar-refractivity contribution in [2.45, 2.75) is 26.3 Å². The molecule has 2 aromatic carbocycles. The SMILES string of the molecule is COC(=O)c1ccc(C2C(=C(O)c3cc(C)ccc3C)C(=O)C(=O)N2CCCN2CCOCC2)cc1. The lowest BCUT2D eigenvalue weighted by molar-refractivity contribution is -0.140. The van der Waals surface area contributed by atoms with Crippen LogP contribution in [0.4, 0.5) is 0 Å². The van der Waals surface area contributed by atoms with E-state index in [1.165, 1.54) is 12.0 Å². The van der Waals surface area contributed by atoms with Crippen molar-refractivity contribution in [1.82, 2.24) is 9.80 Å². The van der Waals surface area contributed by atoms with E-state index in [0.29, 0.717) is 42.9 Å². The minimum Gasteiger partial charge on any atom is -0.507 e. The summed E-state index contributed by atoms with van der Waals surface area (Å²) in [6.45, 7) is 7.94. The van der Waals surface area contributed by atoms with Crippen LogP contribution < -0.4 is 0 Å². The molecule has 2 saturated heterocycles. The number of Topliss-reactive ketones (excluding diaryl/α,β-unsaturated/α-hetero) is 1. The Labute approximate surface area is 211 Å². The van der Waals surface area contributed by atoms with E-state index in [2.05, 4.69) is 4.90 Å². The zero-order valence-corrected chi connectivity index (χ0v) is 21.0. The summed E-state index contributed by atoms with van der Waals surface area (Å²) in [6.07, 6.45) is 0.674. The van der Waals surface area contributed by atoms with E-state index in [0.717, 1.165) is 30.8 Å². The first-order valence-corrected chi connectivity index (χ1v) is 12.2. The Morgan fingerprint density at radius 2 is 1.75 bits per heavy atom. The Bertz CT molecular complexity index is 1180. The van der Waals surface area contributed by atoms with Crippen LogP contribution in [0, 0.1) is 13.8 Å². The molecular weight excluding hydrogens is 460 g/mol. The molecule has 190 valence electrons. The van der Waals surface area contributed by atoms with Gasteiger partial charge < -0.3 is 19.5 Å². The van der Waals surface area contributed by atoms with Gasteiger partial charge in [-0.3, -0.25) is 14.5 Å². The van der Waals surface area contributed by atoms with Crippen LogP contribution in [0.3, 0.4) is 0 Å². The van der Waals surface area contributed by atoms with Gasteiger partial charge in [-0.15, -0.1) is 0 Å². The van der Waals surface area contributed by atoms with Gasteiger partial charge in [0, 0.05) is 31.7 Å². The van der Waals surface area contributed by atoms with Gasteiger partial charge in [0.05, 0.1) is 37.5 Å². The van der Waals surface area contributed by atoms with Gasteiger partial charge in [0.2, 0.25) is 0 Å². The second kappa shape index (κ2) is 11.1. The Kier molecular flexibility index (Phi) is 7.86. The maximum absolute atomic E-state index is 13.3. The predicted octanol–water partition coefficient (Wildman–Crippen LogP) is 3.23. The van der Waals surface area contributed by atoms with E-state index in [1.54, 1.807) is 24.3 Å². The Balaban J connectivity index is 1.72. The molecule has 2 heterocycles. The van der Waals surface area contributed by atoms with Gasteiger partial charge in [0.15, 0.2) is 0 Å². The van der Waals surface area contributed by atoms with Crippen molar-refractivity contribution in [1.29, 1.82) is 0 Å². The standard InChI is InChI=1S/C28H32N2O6/c1-18-5-6-19(2)22(17-18)25(31)23-24(20-7-9-21(10-8-20)28(34)35-3)30(27(33)26(23)32)12-4-11-29-13-15-36-16-14-29/h5-10,17,24,31H,4,11-16H2,1-3H3. The van der Waals surface area contributed by atoms with Gasteiger partial charge >= 0.3 is 5.97 Å². The molecule has 0 aliphatic carbocycles. The lowest BCUT2D eigenvalue weighted by atomic mass is 9.93. The molecule has 8 nitrogen and oxygen atoms in total. The van der Waals surface area contributed by atoms with Crippen LogP contribution in [0.5, 0.6) is 0 Å². The molecule has 2 aliphatic rings. The molecule has 1 amide bonds. The van der Waals surface area contributed by atoms with Gasteiger partial charge in [-0.1, -0.05) is 29.8 Å². The lowest BCUT2D eigenvalue weighted by Crippen LogP contribution is -2.39. The number of aryl methyl sites for hydroxylation is 2. The monoisotopic (exact) mass is 492 g/mol. The molecule has 8 heteroatoms.